The Labute approximate surface area is 133 Å². The molecule has 4 saturated carbocycles. The maximum atomic E-state index is 12.8. The van der Waals surface area contributed by atoms with Crippen molar-refractivity contribution in [2.75, 3.05) is 13.1 Å². The Bertz CT molecular complexity index is 407. The van der Waals surface area contributed by atoms with Gasteiger partial charge in [-0.2, -0.15) is 0 Å². The minimum atomic E-state index is -0.172. The summed E-state index contributed by atoms with van der Waals surface area (Å²) in [5, 5.41) is 13.1. The van der Waals surface area contributed by atoms with Crippen LogP contribution in [0.4, 0.5) is 0 Å². The third-order valence-electron chi connectivity index (χ3n) is 6.85. The van der Waals surface area contributed by atoms with E-state index < -0.39 is 0 Å². The quantitative estimate of drug-likeness (QED) is 0.837. The van der Waals surface area contributed by atoms with Gasteiger partial charge in [0.05, 0.1) is 12.1 Å². The summed E-state index contributed by atoms with van der Waals surface area (Å²) in [6.07, 6.45) is 9.32. The van der Waals surface area contributed by atoms with E-state index in [4.69, 9.17) is 0 Å². The topological polar surface area (TPSA) is 52.6 Å². The third kappa shape index (κ3) is 2.69. The van der Waals surface area contributed by atoms with Gasteiger partial charge in [0.15, 0.2) is 0 Å². The lowest BCUT2D eigenvalue weighted by Crippen LogP contribution is -2.62. The van der Waals surface area contributed by atoms with Gasteiger partial charge in [0, 0.05) is 18.6 Å². The summed E-state index contributed by atoms with van der Waals surface area (Å²) in [4.78, 5) is 15.0. The zero-order valence-electron chi connectivity index (χ0n) is 13.8. The summed E-state index contributed by atoms with van der Waals surface area (Å²) in [5.41, 5.74) is 0.120. The molecule has 1 amide bonds. The summed E-state index contributed by atoms with van der Waals surface area (Å²) in [6, 6.07) is -0.0551. The molecule has 0 unspecified atom stereocenters. The highest BCUT2D eigenvalue weighted by Gasteiger charge is 2.51. The van der Waals surface area contributed by atoms with Crippen LogP contribution in [-0.2, 0) is 4.79 Å². The van der Waals surface area contributed by atoms with Gasteiger partial charge in [-0.05, 0) is 76.0 Å². The van der Waals surface area contributed by atoms with Crippen LogP contribution in [-0.4, -0.2) is 46.7 Å². The van der Waals surface area contributed by atoms with E-state index in [2.05, 4.69) is 10.2 Å². The zero-order chi connectivity index (χ0) is 15.3. The molecule has 1 saturated heterocycles. The lowest BCUT2D eigenvalue weighted by atomic mass is 9.53. The number of nitrogens with one attached hydrogen (secondary N) is 1. The summed E-state index contributed by atoms with van der Waals surface area (Å²) in [5.74, 6) is 2.82. The standard InChI is InChI=1S/C18H30N2O2/c1-12(20-4-2-16(21)3-5-20)17(22)19-18-9-13-6-14(10-18)8-15(7-13)11-18/h12-16,21H,2-11H2,1H3,(H,19,22)/t12-,13?,14?,15?,18?/m0/s1. The maximum absolute atomic E-state index is 12.8. The second kappa shape index (κ2) is 5.48. The molecule has 5 fully saturated rings. The zero-order valence-corrected chi connectivity index (χ0v) is 13.8. The largest absolute Gasteiger partial charge is 0.393 e. The van der Waals surface area contributed by atoms with E-state index in [9.17, 15) is 9.90 Å². The van der Waals surface area contributed by atoms with Crippen LogP contribution in [0.15, 0.2) is 0 Å². The molecule has 0 spiro atoms. The van der Waals surface area contributed by atoms with E-state index in [1.54, 1.807) is 0 Å². The Morgan fingerprint density at radius 3 is 2.09 bits per heavy atom. The molecule has 2 N–H and O–H groups in total. The maximum Gasteiger partial charge on any atom is 0.237 e. The second-order valence-electron chi connectivity index (χ2n) is 8.63. The molecule has 1 atom stereocenters. The average molecular weight is 306 g/mol. The van der Waals surface area contributed by atoms with Crippen LogP contribution in [0.5, 0.6) is 0 Å². The van der Waals surface area contributed by atoms with Gasteiger partial charge in [-0.1, -0.05) is 0 Å². The molecular weight excluding hydrogens is 276 g/mol. The molecule has 4 bridgehead atoms. The number of carbonyl (C=O) groups excluding carboxylic acids is 1. The van der Waals surface area contributed by atoms with E-state index in [0.717, 1.165) is 43.7 Å². The van der Waals surface area contributed by atoms with Gasteiger partial charge < -0.3 is 10.4 Å². The average Bonchev–Trinajstić information content (AvgIpc) is 2.45. The highest BCUT2D eigenvalue weighted by atomic mass is 16.3. The Hall–Kier alpha value is -0.610. The number of nitrogens with zero attached hydrogens (tertiary/aromatic N) is 1. The Morgan fingerprint density at radius 2 is 1.59 bits per heavy atom. The Balaban J connectivity index is 1.39. The van der Waals surface area contributed by atoms with Crippen LogP contribution < -0.4 is 5.32 Å². The predicted molar refractivity (Wildman–Crippen MR) is 85.3 cm³/mol. The molecule has 4 aliphatic carbocycles. The van der Waals surface area contributed by atoms with Crippen molar-refractivity contribution in [3.63, 3.8) is 0 Å². The van der Waals surface area contributed by atoms with E-state index in [0.29, 0.717) is 0 Å². The fourth-order valence-electron chi connectivity index (χ4n) is 6.07. The molecule has 5 rings (SSSR count). The molecule has 1 aliphatic heterocycles. The fourth-order valence-corrected chi connectivity index (χ4v) is 6.07. The monoisotopic (exact) mass is 306 g/mol. The van der Waals surface area contributed by atoms with Crippen LogP contribution in [0.25, 0.3) is 0 Å². The van der Waals surface area contributed by atoms with Crippen molar-refractivity contribution in [1.29, 1.82) is 0 Å². The number of piperidine rings is 1. The van der Waals surface area contributed by atoms with Gasteiger partial charge in [-0.3, -0.25) is 9.69 Å². The number of likely N-dealkylation sites (tertiary alicyclic amines) is 1. The molecule has 124 valence electrons. The molecular formula is C18H30N2O2. The Morgan fingerprint density at radius 1 is 1.09 bits per heavy atom. The minimum Gasteiger partial charge on any atom is -0.393 e. The lowest BCUT2D eigenvalue weighted by molar-refractivity contribution is -0.132. The van der Waals surface area contributed by atoms with Gasteiger partial charge in [0.1, 0.15) is 0 Å². The van der Waals surface area contributed by atoms with Crippen molar-refractivity contribution in [2.45, 2.75) is 76.0 Å². The van der Waals surface area contributed by atoms with Crippen LogP contribution in [0.2, 0.25) is 0 Å². The Kier molecular flexibility index (Phi) is 3.73. The number of carbonyl (C=O) groups is 1. The van der Waals surface area contributed by atoms with E-state index in [1.807, 2.05) is 6.92 Å². The number of aliphatic hydroxyl groups is 1. The van der Waals surface area contributed by atoms with Crippen molar-refractivity contribution in [3.8, 4) is 0 Å². The lowest BCUT2D eigenvalue weighted by Gasteiger charge is -2.57. The van der Waals surface area contributed by atoms with E-state index in [1.165, 1.54) is 38.5 Å². The van der Waals surface area contributed by atoms with Crippen LogP contribution >= 0.6 is 0 Å². The van der Waals surface area contributed by atoms with Crippen molar-refractivity contribution in [1.82, 2.24) is 10.2 Å². The summed E-state index contributed by atoms with van der Waals surface area (Å²) in [7, 11) is 0. The first-order chi connectivity index (χ1) is 10.5. The van der Waals surface area contributed by atoms with Gasteiger partial charge in [-0.25, -0.2) is 0 Å². The molecule has 5 aliphatic rings. The van der Waals surface area contributed by atoms with Gasteiger partial charge in [-0.15, -0.1) is 0 Å². The van der Waals surface area contributed by atoms with Crippen molar-refractivity contribution in [3.05, 3.63) is 0 Å². The highest BCUT2D eigenvalue weighted by Crippen LogP contribution is 2.55. The SMILES string of the molecule is C[C@@H](C(=O)NC12CC3CC(CC(C3)C1)C2)N1CCC(O)CC1. The van der Waals surface area contributed by atoms with Gasteiger partial charge in [0.25, 0.3) is 0 Å². The molecule has 0 radical (unpaired) electrons. The van der Waals surface area contributed by atoms with Crippen molar-refractivity contribution in [2.24, 2.45) is 17.8 Å². The highest BCUT2D eigenvalue weighted by molar-refractivity contribution is 5.82. The molecule has 0 aromatic heterocycles. The number of aliphatic hydroxyl groups excluding tert-OH is 1. The van der Waals surface area contributed by atoms with E-state index >= 15 is 0 Å². The fraction of sp³-hybridized carbons (Fsp3) is 0.944. The van der Waals surface area contributed by atoms with Gasteiger partial charge >= 0.3 is 0 Å². The minimum absolute atomic E-state index is 0.0551. The molecule has 1 heterocycles. The number of rotatable bonds is 3. The first-order valence-corrected chi connectivity index (χ1v) is 9.27. The number of hydrogen-bond acceptors (Lipinski definition) is 3. The first kappa shape index (κ1) is 14.9. The molecule has 0 aromatic rings. The number of amides is 1. The van der Waals surface area contributed by atoms with Crippen molar-refractivity contribution >= 4 is 5.91 Å². The first-order valence-electron chi connectivity index (χ1n) is 9.27. The van der Waals surface area contributed by atoms with Crippen LogP contribution in [0, 0.1) is 17.8 Å². The van der Waals surface area contributed by atoms with Crippen LogP contribution in [0.1, 0.15) is 58.3 Å². The smallest absolute Gasteiger partial charge is 0.237 e. The molecule has 0 aromatic carbocycles. The third-order valence-corrected chi connectivity index (χ3v) is 6.85. The summed E-state index contributed by atoms with van der Waals surface area (Å²) in [6.45, 7) is 3.72. The second-order valence-corrected chi connectivity index (χ2v) is 8.63. The number of hydrogen-bond donors (Lipinski definition) is 2. The molecule has 22 heavy (non-hydrogen) atoms. The van der Waals surface area contributed by atoms with E-state index in [-0.39, 0.29) is 23.6 Å². The normalized spacial score (nSPS) is 43.3. The van der Waals surface area contributed by atoms with Crippen molar-refractivity contribution < 1.29 is 9.90 Å². The van der Waals surface area contributed by atoms with Crippen LogP contribution in [0.3, 0.4) is 0 Å². The molecule has 4 heteroatoms. The summed E-state index contributed by atoms with van der Waals surface area (Å²) >= 11 is 0. The summed E-state index contributed by atoms with van der Waals surface area (Å²) < 4.78 is 0. The van der Waals surface area contributed by atoms with Gasteiger partial charge in [0.2, 0.25) is 5.91 Å². The predicted octanol–water partition coefficient (Wildman–Crippen LogP) is 1.92. The molecule has 4 nitrogen and oxygen atoms in total.